The molecule has 1 atom stereocenters. The van der Waals surface area contributed by atoms with Crippen molar-refractivity contribution < 1.29 is 4.74 Å². The van der Waals surface area contributed by atoms with E-state index in [0.29, 0.717) is 10.8 Å². The Hall–Kier alpha value is -0.730. The van der Waals surface area contributed by atoms with Crippen molar-refractivity contribution in [2.45, 2.75) is 57.9 Å². The maximum absolute atomic E-state index is 6.20. The molecule has 0 radical (unpaired) electrons. The molecule has 0 fully saturated rings. The predicted molar refractivity (Wildman–Crippen MR) is 82.9 cm³/mol. The summed E-state index contributed by atoms with van der Waals surface area (Å²) in [5.41, 5.74) is 7.29. The molecule has 108 valence electrons. The minimum absolute atomic E-state index is 0.0783. The normalized spacial score (nSPS) is 12.4. The first-order valence-corrected chi connectivity index (χ1v) is 7.65. The van der Waals surface area contributed by atoms with Crippen LogP contribution in [0.2, 0.25) is 5.02 Å². The Morgan fingerprint density at radius 2 is 1.84 bits per heavy atom. The van der Waals surface area contributed by atoms with Crippen molar-refractivity contribution in [1.29, 1.82) is 0 Å². The number of halogens is 1. The zero-order valence-electron chi connectivity index (χ0n) is 12.1. The van der Waals surface area contributed by atoms with Gasteiger partial charge in [0.25, 0.3) is 0 Å². The average Bonchev–Trinajstić information content (AvgIpc) is 2.42. The SMILES string of the molecule is CCCCCCCCC(N)c1ccc(OC)c(Cl)c1. The molecule has 3 heteroatoms. The van der Waals surface area contributed by atoms with Gasteiger partial charge in [0.2, 0.25) is 0 Å². The van der Waals surface area contributed by atoms with Gasteiger partial charge in [-0.3, -0.25) is 0 Å². The predicted octanol–water partition coefficient (Wildman–Crippen LogP) is 5.10. The lowest BCUT2D eigenvalue weighted by molar-refractivity contribution is 0.414. The molecular weight excluding hydrogens is 258 g/mol. The summed E-state index contributed by atoms with van der Waals surface area (Å²) in [4.78, 5) is 0. The molecule has 0 bridgehead atoms. The highest BCUT2D eigenvalue weighted by Crippen LogP contribution is 2.28. The quantitative estimate of drug-likeness (QED) is 0.640. The molecule has 19 heavy (non-hydrogen) atoms. The molecule has 0 aliphatic rings. The van der Waals surface area contributed by atoms with Crippen LogP contribution in [0.3, 0.4) is 0 Å². The summed E-state index contributed by atoms with van der Waals surface area (Å²) in [5.74, 6) is 0.706. The van der Waals surface area contributed by atoms with Crippen LogP contribution in [0.4, 0.5) is 0 Å². The third kappa shape index (κ3) is 5.84. The first-order chi connectivity index (χ1) is 9.19. The van der Waals surface area contributed by atoms with E-state index in [1.54, 1.807) is 7.11 Å². The van der Waals surface area contributed by atoms with Gasteiger partial charge in [0, 0.05) is 6.04 Å². The number of hydrogen-bond donors (Lipinski definition) is 1. The topological polar surface area (TPSA) is 35.2 Å². The Balaban J connectivity index is 2.33. The third-order valence-electron chi connectivity index (χ3n) is 3.47. The number of methoxy groups -OCH3 is 1. The summed E-state index contributed by atoms with van der Waals surface area (Å²) < 4.78 is 5.14. The molecule has 1 unspecified atom stereocenters. The van der Waals surface area contributed by atoms with Crippen LogP contribution in [0.1, 0.15) is 63.5 Å². The lowest BCUT2D eigenvalue weighted by atomic mass is 10.0. The van der Waals surface area contributed by atoms with E-state index in [1.807, 2.05) is 18.2 Å². The van der Waals surface area contributed by atoms with Crippen LogP contribution in [-0.2, 0) is 0 Å². The summed E-state index contributed by atoms with van der Waals surface area (Å²) in [6.45, 7) is 2.24. The first kappa shape index (κ1) is 16.3. The highest BCUT2D eigenvalue weighted by molar-refractivity contribution is 6.32. The second-order valence-corrected chi connectivity index (χ2v) is 5.46. The van der Waals surface area contributed by atoms with E-state index in [4.69, 9.17) is 22.1 Å². The Kier molecular flexibility index (Phi) is 7.92. The van der Waals surface area contributed by atoms with Gasteiger partial charge in [-0.15, -0.1) is 0 Å². The van der Waals surface area contributed by atoms with Gasteiger partial charge >= 0.3 is 0 Å². The zero-order chi connectivity index (χ0) is 14.1. The fraction of sp³-hybridized carbons (Fsp3) is 0.625. The van der Waals surface area contributed by atoms with Gasteiger partial charge in [-0.2, -0.15) is 0 Å². The van der Waals surface area contributed by atoms with Crippen molar-refractivity contribution >= 4 is 11.6 Å². The first-order valence-electron chi connectivity index (χ1n) is 7.28. The fourth-order valence-electron chi connectivity index (χ4n) is 2.22. The fourth-order valence-corrected chi connectivity index (χ4v) is 2.49. The Bertz CT molecular complexity index is 368. The second kappa shape index (κ2) is 9.22. The third-order valence-corrected chi connectivity index (χ3v) is 3.77. The lowest BCUT2D eigenvalue weighted by Gasteiger charge is -2.13. The van der Waals surface area contributed by atoms with E-state index < -0.39 is 0 Å². The van der Waals surface area contributed by atoms with Gasteiger partial charge < -0.3 is 10.5 Å². The van der Waals surface area contributed by atoms with Crippen molar-refractivity contribution in [3.05, 3.63) is 28.8 Å². The molecule has 0 saturated carbocycles. The highest BCUT2D eigenvalue weighted by Gasteiger charge is 2.08. The van der Waals surface area contributed by atoms with Crippen LogP contribution in [0, 0.1) is 0 Å². The summed E-state index contributed by atoms with van der Waals surface area (Å²) in [5, 5.41) is 0.637. The maximum Gasteiger partial charge on any atom is 0.137 e. The maximum atomic E-state index is 6.20. The molecule has 0 saturated heterocycles. The van der Waals surface area contributed by atoms with Crippen molar-refractivity contribution in [1.82, 2.24) is 0 Å². The number of ether oxygens (including phenoxy) is 1. The van der Waals surface area contributed by atoms with Crippen LogP contribution in [0.25, 0.3) is 0 Å². The van der Waals surface area contributed by atoms with Gasteiger partial charge in [0.1, 0.15) is 5.75 Å². The van der Waals surface area contributed by atoms with Gasteiger partial charge in [-0.1, -0.05) is 63.1 Å². The highest BCUT2D eigenvalue weighted by atomic mass is 35.5. The number of nitrogens with two attached hydrogens (primary N) is 1. The summed E-state index contributed by atoms with van der Waals surface area (Å²) in [6.07, 6.45) is 8.80. The van der Waals surface area contributed by atoms with Crippen molar-refractivity contribution in [3.63, 3.8) is 0 Å². The minimum atomic E-state index is 0.0783. The summed E-state index contributed by atoms with van der Waals surface area (Å²) in [6, 6.07) is 5.89. The average molecular weight is 284 g/mol. The van der Waals surface area contributed by atoms with E-state index in [0.717, 1.165) is 12.0 Å². The Morgan fingerprint density at radius 1 is 1.16 bits per heavy atom. The molecule has 0 aromatic heterocycles. The molecule has 1 rings (SSSR count). The van der Waals surface area contributed by atoms with E-state index in [-0.39, 0.29) is 6.04 Å². The molecule has 0 heterocycles. The molecule has 1 aromatic carbocycles. The standard InChI is InChI=1S/C16H26ClNO/c1-3-4-5-6-7-8-9-15(18)13-10-11-16(19-2)14(17)12-13/h10-12,15H,3-9,18H2,1-2H3. The van der Waals surface area contributed by atoms with Gasteiger partial charge in [0.15, 0.2) is 0 Å². The molecule has 2 nitrogen and oxygen atoms in total. The van der Waals surface area contributed by atoms with E-state index in [1.165, 1.54) is 38.5 Å². The molecule has 0 aliphatic heterocycles. The van der Waals surface area contributed by atoms with E-state index in [9.17, 15) is 0 Å². The van der Waals surface area contributed by atoms with Crippen LogP contribution in [-0.4, -0.2) is 7.11 Å². The second-order valence-electron chi connectivity index (χ2n) is 5.06. The molecule has 0 aliphatic carbocycles. The minimum Gasteiger partial charge on any atom is -0.495 e. The zero-order valence-corrected chi connectivity index (χ0v) is 12.9. The molecule has 2 N–H and O–H groups in total. The lowest BCUT2D eigenvalue weighted by Crippen LogP contribution is -2.10. The molecule has 0 amide bonds. The van der Waals surface area contributed by atoms with E-state index in [2.05, 4.69) is 6.92 Å². The Morgan fingerprint density at radius 3 is 2.47 bits per heavy atom. The molecule has 1 aromatic rings. The summed E-state index contributed by atoms with van der Waals surface area (Å²) >= 11 is 6.11. The number of unbranched alkanes of at least 4 members (excludes halogenated alkanes) is 5. The van der Waals surface area contributed by atoms with Crippen LogP contribution >= 0.6 is 11.6 Å². The summed E-state index contributed by atoms with van der Waals surface area (Å²) in [7, 11) is 1.62. The molecule has 0 spiro atoms. The van der Waals surface area contributed by atoms with Crippen LogP contribution in [0.5, 0.6) is 5.75 Å². The largest absolute Gasteiger partial charge is 0.495 e. The van der Waals surface area contributed by atoms with Crippen LogP contribution < -0.4 is 10.5 Å². The van der Waals surface area contributed by atoms with Gasteiger partial charge in [0.05, 0.1) is 12.1 Å². The van der Waals surface area contributed by atoms with Gasteiger partial charge in [-0.05, 0) is 24.1 Å². The monoisotopic (exact) mass is 283 g/mol. The smallest absolute Gasteiger partial charge is 0.137 e. The van der Waals surface area contributed by atoms with Crippen molar-refractivity contribution in [3.8, 4) is 5.75 Å². The van der Waals surface area contributed by atoms with Gasteiger partial charge in [-0.25, -0.2) is 0 Å². The van der Waals surface area contributed by atoms with Crippen LogP contribution in [0.15, 0.2) is 18.2 Å². The Labute approximate surface area is 122 Å². The van der Waals surface area contributed by atoms with Crippen molar-refractivity contribution in [2.24, 2.45) is 5.73 Å². The number of benzene rings is 1. The molecular formula is C16H26ClNO. The van der Waals surface area contributed by atoms with E-state index >= 15 is 0 Å². The number of hydrogen-bond acceptors (Lipinski definition) is 2. The van der Waals surface area contributed by atoms with Crippen molar-refractivity contribution in [2.75, 3.05) is 7.11 Å². The number of rotatable bonds is 9.